The number of carbonyl (C=O) groups excluding carboxylic acids is 1. The molecular weight excluding hydrogens is 531 g/mol. The molecule has 1 amide bonds. The van der Waals surface area contributed by atoms with Crippen LogP contribution in [0.1, 0.15) is 50.9 Å². The lowest BCUT2D eigenvalue weighted by Crippen LogP contribution is -2.44. The van der Waals surface area contributed by atoms with Gasteiger partial charge in [-0.2, -0.15) is 0 Å². The molecule has 0 atom stereocenters. The van der Waals surface area contributed by atoms with Crippen molar-refractivity contribution in [3.8, 4) is 5.69 Å². The van der Waals surface area contributed by atoms with Crippen LogP contribution in [0.2, 0.25) is 10.0 Å². The summed E-state index contributed by atoms with van der Waals surface area (Å²) in [6.07, 6.45) is 2.40. The van der Waals surface area contributed by atoms with E-state index >= 15 is 0 Å². The van der Waals surface area contributed by atoms with E-state index in [9.17, 15) is 4.79 Å². The molecule has 1 radical (unpaired) electrons. The van der Waals surface area contributed by atoms with Gasteiger partial charge >= 0.3 is 0 Å². The number of amides is 1. The number of carbonyl (C=O) groups is 1. The van der Waals surface area contributed by atoms with Crippen LogP contribution >= 0.6 is 23.2 Å². The van der Waals surface area contributed by atoms with Crippen LogP contribution in [0.25, 0.3) is 5.69 Å². The van der Waals surface area contributed by atoms with Gasteiger partial charge in [0.15, 0.2) is 0 Å². The first-order valence-corrected chi connectivity index (χ1v) is 14.9. The van der Waals surface area contributed by atoms with E-state index in [4.69, 9.17) is 27.6 Å². The van der Waals surface area contributed by atoms with Crippen molar-refractivity contribution < 1.29 is 9.22 Å². The van der Waals surface area contributed by atoms with Crippen molar-refractivity contribution in [1.29, 1.82) is 0 Å². The summed E-state index contributed by atoms with van der Waals surface area (Å²) in [6.45, 7) is 8.91. The number of halogens is 2. The Morgan fingerprint density at radius 1 is 0.921 bits per heavy atom. The molecule has 0 aliphatic carbocycles. The first-order chi connectivity index (χ1) is 18.2. The molecule has 1 N–H and O–H groups in total. The SMILES string of the molecule is CCC(=O)NCc1cccn1-c1cc(CO[Si](c2ccccc2)c2ccccc2)c(Cl)c(C(C)(C)C)c1Cl. The summed E-state index contributed by atoms with van der Waals surface area (Å²) >= 11 is 14.1. The third-order valence-electron chi connectivity index (χ3n) is 6.33. The average molecular weight is 565 g/mol. The molecule has 1 aromatic heterocycles. The summed E-state index contributed by atoms with van der Waals surface area (Å²) in [6, 6.07) is 26.6. The maximum atomic E-state index is 11.9. The highest BCUT2D eigenvalue weighted by molar-refractivity contribution is 6.80. The van der Waals surface area contributed by atoms with E-state index in [0.29, 0.717) is 29.6 Å². The highest BCUT2D eigenvalue weighted by atomic mass is 35.5. The number of hydrogen-bond donors (Lipinski definition) is 1. The lowest BCUT2D eigenvalue weighted by atomic mass is 9.85. The van der Waals surface area contributed by atoms with Crippen LogP contribution in [-0.2, 0) is 27.8 Å². The van der Waals surface area contributed by atoms with E-state index in [1.807, 2.05) is 72.3 Å². The molecule has 38 heavy (non-hydrogen) atoms. The van der Waals surface area contributed by atoms with E-state index in [1.165, 1.54) is 10.4 Å². The van der Waals surface area contributed by atoms with Gasteiger partial charge in [0.05, 0.1) is 28.9 Å². The minimum atomic E-state index is -1.51. The predicted molar refractivity (Wildman–Crippen MR) is 159 cm³/mol. The molecule has 4 rings (SSSR count). The second-order valence-corrected chi connectivity index (χ2v) is 13.0. The summed E-state index contributed by atoms with van der Waals surface area (Å²) in [5, 5.41) is 6.53. The fourth-order valence-corrected chi connectivity index (χ4v) is 7.40. The van der Waals surface area contributed by atoms with Crippen molar-refractivity contribution in [3.05, 3.63) is 112 Å². The van der Waals surface area contributed by atoms with Gasteiger partial charge in [-0.15, -0.1) is 0 Å². The number of rotatable bonds is 9. The summed E-state index contributed by atoms with van der Waals surface area (Å²) in [7, 11) is -1.51. The topological polar surface area (TPSA) is 43.3 Å². The number of nitrogens with zero attached hydrogens (tertiary/aromatic N) is 1. The van der Waals surface area contributed by atoms with Crippen LogP contribution in [0.3, 0.4) is 0 Å². The van der Waals surface area contributed by atoms with Crippen LogP contribution in [0, 0.1) is 0 Å². The van der Waals surface area contributed by atoms with Crippen molar-refractivity contribution in [2.75, 3.05) is 0 Å². The zero-order valence-corrected chi connectivity index (χ0v) is 24.7. The fraction of sp³-hybridized carbons (Fsp3) is 0.258. The molecule has 0 saturated heterocycles. The zero-order chi connectivity index (χ0) is 27.3. The Kier molecular flexibility index (Phi) is 9.16. The second-order valence-electron chi connectivity index (χ2n) is 10.2. The van der Waals surface area contributed by atoms with Crippen molar-refractivity contribution in [3.63, 3.8) is 0 Å². The first-order valence-electron chi connectivity index (χ1n) is 12.8. The molecule has 0 aliphatic rings. The van der Waals surface area contributed by atoms with Gasteiger partial charge in [-0.1, -0.05) is 112 Å². The smallest absolute Gasteiger partial charge is 0.283 e. The van der Waals surface area contributed by atoms with Crippen molar-refractivity contribution >= 4 is 48.5 Å². The van der Waals surface area contributed by atoms with Crippen molar-refractivity contribution in [2.24, 2.45) is 0 Å². The van der Waals surface area contributed by atoms with Crippen molar-refractivity contribution in [1.82, 2.24) is 9.88 Å². The standard InChI is InChI=1S/C31H33Cl2N2O2Si/c1-5-27(36)34-20-23-13-12-18-35(23)26-19-22(29(32)28(30(26)33)31(2,3)4)21-37-38(24-14-8-6-9-15-24)25-16-10-7-11-17-25/h6-19H,5,20-21H2,1-4H3,(H,34,36). The minimum absolute atomic E-state index is 0.000856. The highest BCUT2D eigenvalue weighted by Gasteiger charge is 2.27. The molecule has 3 aromatic carbocycles. The Bertz CT molecular complexity index is 1340. The average Bonchev–Trinajstić information content (AvgIpc) is 3.37. The largest absolute Gasteiger partial charge is 0.403 e. The summed E-state index contributed by atoms with van der Waals surface area (Å²) in [4.78, 5) is 11.9. The monoisotopic (exact) mass is 563 g/mol. The Hall–Kier alpha value is -2.83. The fourth-order valence-electron chi connectivity index (χ4n) is 4.39. The van der Waals surface area contributed by atoms with Gasteiger partial charge in [0.1, 0.15) is 0 Å². The Morgan fingerprint density at radius 3 is 2.08 bits per heavy atom. The summed E-state index contributed by atoms with van der Waals surface area (Å²) in [5.74, 6) is 0.000856. The predicted octanol–water partition coefficient (Wildman–Crippen LogP) is 6.43. The second kappa shape index (κ2) is 12.3. The van der Waals surface area contributed by atoms with E-state index in [0.717, 1.165) is 22.5 Å². The number of aromatic nitrogens is 1. The van der Waals surface area contributed by atoms with Gasteiger partial charge in [-0.05, 0) is 45.1 Å². The molecule has 0 spiro atoms. The normalized spacial score (nSPS) is 11.7. The summed E-state index contributed by atoms with van der Waals surface area (Å²) < 4.78 is 8.71. The molecule has 7 heteroatoms. The molecule has 4 aromatic rings. The molecule has 0 aliphatic heterocycles. The van der Waals surface area contributed by atoms with Crippen LogP contribution in [0.15, 0.2) is 85.1 Å². The first kappa shape index (κ1) is 28.2. The van der Waals surface area contributed by atoms with Gasteiger partial charge in [0.2, 0.25) is 5.91 Å². The molecule has 4 nitrogen and oxygen atoms in total. The Morgan fingerprint density at radius 2 is 1.53 bits per heavy atom. The molecule has 0 bridgehead atoms. The third kappa shape index (κ3) is 6.41. The van der Waals surface area contributed by atoms with Gasteiger partial charge in [-0.25, -0.2) is 0 Å². The Balaban J connectivity index is 1.75. The van der Waals surface area contributed by atoms with Gasteiger partial charge < -0.3 is 14.3 Å². The lowest BCUT2D eigenvalue weighted by Gasteiger charge is -2.27. The zero-order valence-electron chi connectivity index (χ0n) is 22.2. The van der Waals surface area contributed by atoms with Crippen LogP contribution in [0.5, 0.6) is 0 Å². The van der Waals surface area contributed by atoms with E-state index < -0.39 is 9.04 Å². The molecule has 0 unspecified atom stereocenters. The van der Waals surface area contributed by atoms with Crippen LogP contribution in [-0.4, -0.2) is 19.5 Å². The van der Waals surface area contributed by atoms with Crippen LogP contribution < -0.4 is 15.7 Å². The number of hydrogen-bond acceptors (Lipinski definition) is 2. The quantitative estimate of drug-likeness (QED) is 0.238. The third-order valence-corrected chi connectivity index (χ3v) is 9.29. The van der Waals surface area contributed by atoms with Gasteiger partial charge in [-0.3, -0.25) is 4.79 Å². The number of nitrogens with one attached hydrogen (secondary N) is 1. The van der Waals surface area contributed by atoms with Crippen LogP contribution in [0.4, 0.5) is 0 Å². The summed E-state index contributed by atoms with van der Waals surface area (Å²) in [5.41, 5.74) is 3.21. The minimum Gasteiger partial charge on any atom is -0.403 e. The molecule has 197 valence electrons. The maximum absolute atomic E-state index is 11.9. The van der Waals surface area contributed by atoms with Crippen molar-refractivity contribution in [2.45, 2.75) is 52.7 Å². The van der Waals surface area contributed by atoms with E-state index in [1.54, 1.807) is 0 Å². The lowest BCUT2D eigenvalue weighted by molar-refractivity contribution is -0.120. The molecule has 0 fully saturated rings. The molecule has 0 saturated carbocycles. The van der Waals surface area contributed by atoms with Gasteiger partial charge in [0.25, 0.3) is 9.04 Å². The molecule has 1 heterocycles. The van der Waals surface area contributed by atoms with E-state index in [2.05, 4.69) is 50.4 Å². The van der Waals surface area contributed by atoms with E-state index in [-0.39, 0.29) is 11.3 Å². The maximum Gasteiger partial charge on any atom is 0.283 e. The molecular formula is C31H33Cl2N2O2Si. The highest BCUT2D eigenvalue weighted by Crippen LogP contribution is 2.41. The Labute approximate surface area is 237 Å². The number of benzene rings is 3. The van der Waals surface area contributed by atoms with Gasteiger partial charge in [0, 0.05) is 18.3 Å².